The van der Waals surface area contributed by atoms with Crippen molar-refractivity contribution in [3.63, 3.8) is 0 Å². The third kappa shape index (κ3) is 2.45. The quantitative estimate of drug-likeness (QED) is 0.797. The van der Waals surface area contributed by atoms with E-state index in [0.29, 0.717) is 23.4 Å². The van der Waals surface area contributed by atoms with E-state index in [0.717, 1.165) is 29.8 Å². The van der Waals surface area contributed by atoms with Crippen molar-refractivity contribution in [2.75, 3.05) is 20.1 Å². The summed E-state index contributed by atoms with van der Waals surface area (Å²) in [6.45, 7) is 7.32. The summed E-state index contributed by atoms with van der Waals surface area (Å²) in [4.78, 5) is 14.7. The summed E-state index contributed by atoms with van der Waals surface area (Å²) in [5, 5.41) is 11.5. The van der Waals surface area contributed by atoms with Crippen LogP contribution in [-0.4, -0.2) is 41.7 Å². The highest BCUT2D eigenvalue weighted by Crippen LogP contribution is 2.45. The largest absolute Gasteiger partial charge is 0.507 e. The van der Waals surface area contributed by atoms with Gasteiger partial charge in [0.25, 0.3) is 0 Å². The molecule has 4 nitrogen and oxygen atoms in total. The van der Waals surface area contributed by atoms with Gasteiger partial charge >= 0.3 is 5.97 Å². The number of aryl methyl sites for hydroxylation is 2. The Morgan fingerprint density at radius 3 is 2.43 bits per heavy atom. The van der Waals surface area contributed by atoms with E-state index >= 15 is 0 Å². The monoisotopic (exact) mass is 335 g/mol. The van der Waals surface area contributed by atoms with Crippen molar-refractivity contribution in [2.24, 2.45) is 0 Å². The fourth-order valence-electron chi connectivity index (χ4n) is 3.69. The van der Waals surface area contributed by atoms with Crippen LogP contribution in [0, 0.1) is 20.8 Å². The van der Waals surface area contributed by atoms with Crippen molar-refractivity contribution < 1.29 is 14.6 Å². The molecule has 1 saturated heterocycles. The normalized spacial score (nSPS) is 21.2. The zero-order valence-corrected chi connectivity index (χ0v) is 14.8. The van der Waals surface area contributed by atoms with E-state index in [4.69, 9.17) is 16.3 Å². The van der Waals surface area contributed by atoms with Gasteiger partial charge in [0.1, 0.15) is 5.57 Å². The zero-order valence-electron chi connectivity index (χ0n) is 14.0. The number of aliphatic hydroxyl groups excluding tert-OH is 1. The van der Waals surface area contributed by atoms with Crippen LogP contribution in [0.2, 0.25) is 5.02 Å². The molecule has 1 aromatic carbocycles. The topological polar surface area (TPSA) is 49.8 Å². The average molecular weight is 336 g/mol. The number of aliphatic hydroxyl groups is 1. The Hall–Kier alpha value is -1.52. The van der Waals surface area contributed by atoms with Gasteiger partial charge in [-0.25, -0.2) is 4.79 Å². The molecular weight excluding hydrogens is 314 g/mol. The van der Waals surface area contributed by atoms with Gasteiger partial charge in [-0.1, -0.05) is 17.7 Å². The van der Waals surface area contributed by atoms with Gasteiger partial charge in [0.05, 0.1) is 0 Å². The Kier molecular flexibility index (Phi) is 3.93. The molecule has 2 aliphatic rings. The van der Waals surface area contributed by atoms with Crippen LogP contribution >= 0.6 is 11.6 Å². The Morgan fingerprint density at radius 1 is 1.22 bits per heavy atom. The first-order valence-corrected chi connectivity index (χ1v) is 8.27. The van der Waals surface area contributed by atoms with Crippen LogP contribution in [0.5, 0.6) is 0 Å². The van der Waals surface area contributed by atoms with Crippen molar-refractivity contribution in [1.29, 1.82) is 0 Å². The lowest BCUT2D eigenvalue weighted by molar-refractivity contribution is -0.150. The molecule has 0 unspecified atom stereocenters. The van der Waals surface area contributed by atoms with E-state index in [2.05, 4.69) is 4.90 Å². The number of carbonyl (C=O) groups excluding carboxylic acids is 1. The van der Waals surface area contributed by atoms with Crippen LogP contribution in [0.1, 0.15) is 35.1 Å². The number of hydrogen-bond acceptors (Lipinski definition) is 4. The van der Waals surface area contributed by atoms with Gasteiger partial charge in [-0.05, 0) is 50.1 Å². The molecule has 1 fully saturated rings. The Labute approximate surface area is 141 Å². The van der Waals surface area contributed by atoms with Gasteiger partial charge in [0, 0.05) is 31.0 Å². The van der Waals surface area contributed by atoms with Gasteiger partial charge in [-0.3, -0.25) is 0 Å². The lowest BCUT2D eigenvalue weighted by Crippen LogP contribution is -2.44. The molecule has 23 heavy (non-hydrogen) atoms. The van der Waals surface area contributed by atoms with E-state index in [-0.39, 0.29) is 11.3 Å². The predicted molar refractivity (Wildman–Crippen MR) is 90.8 cm³/mol. The molecule has 0 saturated carbocycles. The maximum absolute atomic E-state index is 12.5. The summed E-state index contributed by atoms with van der Waals surface area (Å²) in [6, 6.07) is 1.94. The SMILES string of the molecule is Cc1cc(C)c(C2=C(O)C3(CCN(C)CC3)OC2=O)c(C)c1Cl. The second-order valence-corrected chi connectivity index (χ2v) is 7.11. The predicted octanol–water partition coefficient (Wildman–Crippen LogP) is 3.56. The molecule has 2 heterocycles. The van der Waals surface area contributed by atoms with Crippen LogP contribution < -0.4 is 0 Å². The van der Waals surface area contributed by atoms with Crippen molar-refractivity contribution in [2.45, 2.75) is 39.2 Å². The molecule has 1 aromatic rings. The van der Waals surface area contributed by atoms with Crippen LogP contribution in [0.15, 0.2) is 11.8 Å². The van der Waals surface area contributed by atoms with Crippen LogP contribution in [-0.2, 0) is 9.53 Å². The van der Waals surface area contributed by atoms with Crippen LogP contribution in [0.25, 0.3) is 5.57 Å². The summed E-state index contributed by atoms with van der Waals surface area (Å²) in [7, 11) is 2.03. The maximum Gasteiger partial charge on any atom is 0.343 e. The third-order valence-electron chi connectivity index (χ3n) is 5.08. The molecular formula is C18H22ClNO3. The molecule has 124 valence electrons. The molecule has 1 N–H and O–H groups in total. The number of hydrogen-bond donors (Lipinski definition) is 1. The number of carbonyl (C=O) groups is 1. The highest BCUT2D eigenvalue weighted by atomic mass is 35.5. The fraction of sp³-hybridized carbons (Fsp3) is 0.500. The molecule has 2 aliphatic heterocycles. The summed E-state index contributed by atoms with van der Waals surface area (Å²) < 4.78 is 5.66. The molecule has 1 spiro atoms. The van der Waals surface area contributed by atoms with Crippen molar-refractivity contribution in [3.05, 3.63) is 39.1 Å². The highest BCUT2D eigenvalue weighted by molar-refractivity contribution is 6.33. The number of nitrogens with zero attached hydrogens (tertiary/aromatic N) is 1. The fourth-order valence-corrected chi connectivity index (χ4v) is 3.84. The minimum Gasteiger partial charge on any atom is -0.507 e. The Balaban J connectivity index is 2.14. The van der Waals surface area contributed by atoms with Gasteiger partial charge in [-0.2, -0.15) is 0 Å². The highest BCUT2D eigenvalue weighted by Gasteiger charge is 2.50. The number of benzene rings is 1. The van der Waals surface area contributed by atoms with E-state index < -0.39 is 11.6 Å². The summed E-state index contributed by atoms with van der Waals surface area (Å²) in [6.07, 6.45) is 1.23. The number of rotatable bonds is 1. The number of likely N-dealkylation sites (tertiary alicyclic amines) is 1. The second kappa shape index (κ2) is 5.53. The van der Waals surface area contributed by atoms with Crippen molar-refractivity contribution in [3.8, 4) is 0 Å². The standard InChI is InChI=1S/C18H22ClNO3/c1-10-9-11(2)15(19)12(3)13(10)14-16(21)18(23-17(14)22)5-7-20(4)8-6-18/h9,21H,5-8H2,1-4H3. The van der Waals surface area contributed by atoms with Crippen LogP contribution in [0.3, 0.4) is 0 Å². The number of piperidine rings is 1. The smallest absolute Gasteiger partial charge is 0.343 e. The van der Waals surface area contributed by atoms with Gasteiger partial charge in [-0.15, -0.1) is 0 Å². The van der Waals surface area contributed by atoms with Gasteiger partial charge in [0.2, 0.25) is 0 Å². The first kappa shape index (κ1) is 16.3. The van der Waals surface area contributed by atoms with Crippen molar-refractivity contribution >= 4 is 23.1 Å². The summed E-state index contributed by atoms with van der Waals surface area (Å²) >= 11 is 6.36. The maximum atomic E-state index is 12.5. The van der Waals surface area contributed by atoms with Gasteiger partial charge < -0.3 is 14.7 Å². The van der Waals surface area contributed by atoms with Crippen molar-refractivity contribution in [1.82, 2.24) is 4.90 Å². The second-order valence-electron chi connectivity index (χ2n) is 6.74. The van der Waals surface area contributed by atoms with Gasteiger partial charge in [0.15, 0.2) is 11.4 Å². The third-order valence-corrected chi connectivity index (χ3v) is 5.66. The molecule has 3 rings (SSSR count). The number of esters is 1. The van der Waals surface area contributed by atoms with E-state index in [1.807, 2.05) is 33.9 Å². The molecule has 0 amide bonds. The summed E-state index contributed by atoms with van der Waals surface area (Å²) in [5.41, 5.74) is 2.83. The molecule has 0 aliphatic carbocycles. The molecule has 0 aromatic heterocycles. The zero-order chi connectivity index (χ0) is 16.9. The molecule has 0 bridgehead atoms. The number of halogens is 1. The Morgan fingerprint density at radius 2 is 1.83 bits per heavy atom. The first-order chi connectivity index (χ1) is 10.8. The lowest BCUT2D eigenvalue weighted by atomic mass is 9.86. The first-order valence-electron chi connectivity index (χ1n) is 7.89. The minimum atomic E-state index is -0.866. The summed E-state index contributed by atoms with van der Waals surface area (Å²) in [5.74, 6) is -0.375. The molecule has 0 atom stereocenters. The Bertz CT molecular complexity index is 715. The molecule has 5 heteroatoms. The molecule has 0 radical (unpaired) electrons. The van der Waals surface area contributed by atoms with E-state index in [1.165, 1.54) is 0 Å². The van der Waals surface area contributed by atoms with Crippen LogP contribution in [0.4, 0.5) is 0 Å². The van der Waals surface area contributed by atoms with E-state index in [9.17, 15) is 9.90 Å². The average Bonchev–Trinajstić information content (AvgIpc) is 2.73. The number of ether oxygens (including phenoxy) is 1. The van der Waals surface area contributed by atoms with E-state index in [1.54, 1.807) is 0 Å². The minimum absolute atomic E-state index is 0.0710. The lowest BCUT2D eigenvalue weighted by Gasteiger charge is -2.36.